The van der Waals surface area contributed by atoms with Crippen LogP contribution in [0.15, 0.2) is 57.5 Å². The lowest BCUT2D eigenvalue weighted by molar-refractivity contribution is 0.0940. The summed E-state index contributed by atoms with van der Waals surface area (Å²) < 4.78 is 1.71. The molecular formula is C16H14Br2ClNO. The molecule has 110 valence electrons. The SMILES string of the molecule is O=C(NC(CCl)Cc1ccccc1)c1cc(Br)cc(Br)c1. The Morgan fingerprint density at radius 1 is 1.10 bits per heavy atom. The van der Waals surface area contributed by atoms with Crippen LogP contribution in [-0.4, -0.2) is 17.8 Å². The first kappa shape index (κ1) is 16.5. The third-order valence-corrected chi connectivity index (χ3v) is 4.26. The molecule has 0 heterocycles. The number of amides is 1. The van der Waals surface area contributed by atoms with E-state index in [2.05, 4.69) is 37.2 Å². The molecule has 0 spiro atoms. The van der Waals surface area contributed by atoms with Gasteiger partial charge in [0.15, 0.2) is 0 Å². The normalized spacial score (nSPS) is 12.0. The molecule has 0 aliphatic carbocycles. The molecule has 2 aromatic carbocycles. The summed E-state index contributed by atoms with van der Waals surface area (Å²) in [5, 5.41) is 2.97. The molecule has 1 unspecified atom stereocenters. The van der Waals surface area contributed by atoms with Crippen LogP contribution in [0.3, 0.4) is 0 Å². The molecule has 1 amide bonds. The predicted octanol–water partition coefficient (Wildman–Crippen LogP) is 4.79. The van der Waals surface area contributed by atoms with Crippen LogP contribution in [0, 0.1) is 0 Å². The fraction of sp³-hybridized carbons (Fsp3) is 0.188. The van der Waals surface area contributed by atoms with Gasteiger partial charge < -0.3 is 5.32 Å². The number of nitrogens with one attached hydrogen (secondary N) is 1. The second-order valence-corrected chi connectivity index (χ2v) is 6.81. The second kappa shape index (κ2) is 7.97. The summed E-state index contributed by atoms with van der Waals surface area (Å²) in [6.45, 7) is 0. The minimum atomic E-state index is -0.126. The van der Waals surface area contributed by atoms with E-state index in [-0.39, 0.29) is 11.9 Å². The Labute approximate surface area is 146 Å². The Hall–Kier alpha value is -0.840. The van der Waals surface area contributed by atoms with Crippen LogP contribution in [-0.2, 0) is 6.42 Å². The van der Waals surface area contributed by atoms with Gasteiger partial charge in [0.1, 0.15) is 0 Å². The van der Waals surface area contributed by atoms with Crippen molar-refractivity contribution in [1.29, 1.82) is 0 Å². The fourth-order valence-corrected chi connectivity index (χ4v) is 3.48. The van der Waals surface area contributed by atoms with Crippen molar-refractivity contribution in [2.24, 2.45) is 0 Å². The molecule has 2 aromatic rings. The van der Waals surface area contributed by atoms with Crippen LogP contribution in [0.4, 0.5) is 0 Å². The van der Waals surface area contributed by atoms with E-state index in [0.717, 1.165) is 14.5 Å². The van der Waals surface area contributed by atoms with E-state index in [4.69, 9.17) is 11.6 Å². The van der Waals surface area contributed by atoms with Crippen molar-refractivity contribution in [3.63, 3.8) is 0 Å². The van der Waals surface area contributed by atoms with Gasteiger partial charge in [-0.1, -0.05) is 62.2 Å². The Balaban J connectivity index is 2.05. The molecule has 0 saturated carbocycles. The third-order valence-electron chi connectivity index (χ3n) is 2.97. The summed E-state index contributed by atoms with van der Waals surface area (Å²) >= 11 is 12.7. The molecule has 0 aromatic heterocycles. The zero-order chi connectivity index (χ0) is 15.2. The van der Waals surface area contributed by atoms with Gasteiger partial charge in [0.05, 0.1) is 0 Å². The van der Waals surface area contributed by atoms with Gasteiger partial charge in [-0.3, -0.25) is 4.79 Å². The van der Waals surface area contributed by atoms with Gasteiger partial charge in [-0.15, -0.1) is 11.6 Å². The molecule has 5 heteroatoms. The molecule has 0 fully saturated rings. The number of alkyl halides is 1. The number of hydrogen-bond acceptors (Lipinski definition) is 1. The van der Waals surface area contributed by atoms with E-state index in [0.29, 0.717) is 17.9 Å². The number of carbonyl (C=O) groups excluding carboxylic acids is 1. The van der Waals surface area contributed by atoms with Crippen molar-refractivity contribution in [1.82, 2.24) is 5.32 Å². The first-order valence-electron chi connectivity index (χ1n) is 6.45. The highest BCUT2D eigenvalue weighted by Crippen LogP contribution is 2.20. The molecule has 1 atom stereocenters. The van der Waals surface area contributed by atoms with Crippen molar-refractivity contribution < 1.29 is 4.79 Å². The van der Waals surface area contributed by atoms with Crippen molar-refractivity contribution in [2.45, 2.75) is 12.5 Å². The maximum Gasteiger partial charge on any atom is 0.251 e. The average molecular weight is 432 g/mol. The van der Waals surface area contributed by atoms with Crippen LogP contribution < -0.4 is 5.32 Å². The summed E-state index contributed by atoms with van der Waals surface area (Å²) in [4.78, 5) is 12.3. The second-order valence-electron chi connectivity index (χ2n) is 4.67. The highest BCUT2D eigenvalue weighted by Gasteiger charge is 2.14. The third kappa shape index (κ3) is 5.13. The van der Waals surface area contributed by atoms with Crippen molar-refractivity contribution in [3.8, 4) is 0 Å². The van der Waals surface area contributed by atoms with E-state index in [9.17, 15) is 4.79 Å². The number of carbonyl (C=O) groups is 1. The van der Waals surface area contributed by atoms with E-state index in [1.807, 2.05) is 36.4 Å². The molecule has 2 rings (SSSR count). The quantitative estimate of drug-likeness (QED) is 0.678. The molecule has 21 heavy (non-hydrogen) atoms. The summed E-state index contributed by atoms with van der Waals surface area (Å²) in [6, 6.07) is 15.3. The molecule has 0 saturated heterocycles. The minimum absolute atomic E-state index is 0.0978. The molecule has 2 nitrogen and oxygen atoms in total. The first-order chi connectivity index (χ1) is 10.1. The molecular weight excluding hydrogens is 417 g/mol. The van der Waals surface area contributed by atoms with E-state index in [1.54, 1.807) is 12.1 Å². The number of rotatable bonds is 5. The lowest BCUT2D eigenvalue weighted by atomic mass is 10.1. The van der Waals surface area contributed by atoms with Gasteiger partial charge >= 0.3 is 0 Å². The number of benzene rings is 2. The largest absolute Gasteiger partial charge is 0.348 e. The van der Waals surface area contributed by atoms with E-state index < -0.39 is 0 Å². The Morgan fingerprint density at radius 3 is 2.29 bits per heavy atom. The van der Waals surface area contributed by atoms with Crippen LogP contribution in [0.25, 0.3) is 0 Å². The van der Waals surface area contributed by atoms with Crippen LogP contribution in [0.5, 0.6) is 0 Å². The number of halogens is 3. The van der Waals surface area contributed by atoms with Gasteiger partial charge in [-0.25, -0.2) is 0 Å². The lowest BCUT2D eigenvalue weighted by Crippen LogP contribution is -2.37. The van der Waals surface area contributed by atoms with Crippen molar-refractivity contribution in [2.75, 3.05) is 5.88 Å². The summed E-state index contributed by atoms with van der Waals surface area (Å²) in [7, 11) is 0. The van der Waals surface area contributed by atoms with Crippen LogP contribution in [0.2, 0.25) is 0 Å². The molecule has 1 N–H and O–H groups in total. The highest BCUT2D eigenvalue weighted by atomic mass is 79.9. The standard InChI is InChI=1S/C16H14Br2ClNO/c17-13-7-12(8-14(18)9-13)16(21)20-15(10-19)6-11-4-2-1-3-5-11/h1-5,7-9,15H,6,10H2,(H,20,21). The summed E-state index contributed by atoms with van der Waals surface area (Å²) in [5.74, 6) is 0.245. The lowest BCUT2D eigenvalue weighted by Gasteiger charge is -2.16. The smallest absolute Gasteiger partial charge is 0.251 e. The first-order valence-corrected chi connectivity index (χ1v) is 8.57. The highest BCUT2D eigenvalue weighted by molar-refractivity contribution is 9.11. The van der Waals surface area contributed by atoms with Gasteiger partial charge in [0, 0.05) is 26.4 Å². The van der Waals surface area contributed by atoms with E-state index >= 15 is 0 Å². The maximum atomic E-state index is 12.3. The van der Waals surface area contributed by atoms with E-state index in [1.165, 1.54) is 0 Å². The van der Waals surface area contributed by atoms with Crippen LogP contribution in [0.1, 0.15) is 15.9 Å². The summed E-state index contributed by atoms with van der Waals surface area (Å²) in [5.41, 5.74) is 1.75. The van der Waals surface area contributed by atoms with Crippen molar-refractivity contribution in [3.05, 3.63) is 68.6 Å². The summed E-state index contributed by atoms with van der Waals surface area (Å²) in [6.07, 6.45) is 0.714. The monoisotopic (exact) mass is 429 g/mol. The van der Waals surface area contributed by atoms with Gasteiger partial charge in [0.2, 0.25) is 0 Å². The molecule has 0 aliphatic heterocycles. The van der Waals surface area contributed by atoms with Gasteiger partial charge in [-0.05, 0) is 30.2 Å². The Morgan fingerprint density at radius 2 is 1.71 bits per heavy atom. The zero-order valence-corrected chi connectivity index (χ0v) is 15.1. The Kier molecular flexibility index (Phi) is 6.27. The molecule has 0 radical (unpaired) electrons. The maximum absolute atomic E-state index is 12.3. The number of hydrogen-bond donors (Lipinski definition) is 1. The zero-order valence-electron chi connectivity index (χ0n) is 11.2. The average Bonchev–Trinajstić information content (AvgIpc) is 2.46. The molecule has 0 aliphatic rings. The minimum Gasteiger partial charge on any atom is -0.348 e. The Bertz CT molecular complexity index is 599. The topological polar surface area (TPSA) is 29.1 Å². The predicted molar refractivity (Wildman–Crippen MR) is 94.0 cm³/mol. The van der Waals surface area contributed by atoms with Crippen LogP contribution >= 0.6 is 43.5 Å². The van der Waals surface area contributed by atoms with Gasteiger partial charge in [0.25, 0.3) is 5.91 Å². The van der Waals surface area contributed by atoms with Gasteiger partial charge in [-0.2, -0.15) is 0 Å². The molecule has 0 bridgehead atoms. The fourth-order valence-electron chi connectivity index (χ4n) is 2.00. The van der Waals surface area contributed by atoms with Crippen molar-refractivity contribution >= 4 is 49.4 Å².